The highest BCUT2D eigenvalue weighted by Crippen LogP contribution is 2.38. The van der Waals surface area contributed by atoms with Crippen LogP contribution in [0.25, 0.3) is 106 Å². The van der Waals surface area contributed by atoms with Gasteiger partial charge in [0.25, 0.3) is 0 Å². The van der Waals surface area contributed by atoms with Gasteiger partial charge in [-0.25, -0.2) is 15.0 Å². The van der Waals surface area contributed by atoms with Gasteiger partial charge < -0.3 is 8.98 Å². The topological polar surface area (TPSA) is 56.7 Å². The zero-order valence-corrected chi connectivity index (χ0v) is 30.2. The van der Waals surface area contributed by atoms with E-state index < -0.39 is 0 Å². The summed E-state index contributed by atoms with van der Waals surface area (Å²) in [6.07, 6.45) is 0. The number of furan rings is 1. The predicted octanol–water partition coefficient (Wildman–Crippen LogP) is 13.2. The van der Waals surface area contributed by atoms with Crippen molar-refractivity contribution in [1.29, 1.82) is 0 Å². The van der Waals surface area contributed by atoms with E-state index in [1.54, 1.807) is 0 Å². The van der Waals surface area contributed by atoms with Crippen molar-refractivity contribution >= 4 is 43.7 Å². The van der Waals surface area contributed by atoms with E-state index in [1.165, 1.54) is 16.3 Å². The lowest BCUT2D eigenvalue weighted by Crippen LogP contribution is -2.00. The van der Waals surface area contributed by atoms with Crippen LogP contribution in [0, 0.1) is 0 Å². The standard InChI is InChI=1S/C51H32N4O/c1-3-12-33(13-4-1)34-22-24-36(25-23-34)50-52-49(35-14-5-2-6-15-35)53-51(54-50)39-17-11-16-37(30-39)38-26-28-42-41-18-7-9-20-45(41)55(46(42)31-38)40-27-29-44-43-19-8-10-21-47(43)56-48(44)32-40/h1-32H. The normalized spacial score (nSPS) is 11.6. The number of rotatable bonds is 6. The molecule has 0 amide bonds. The third-order valence-electron chi connectivity index (χ3n) is 10.7. The molecule has 0 spiro atoms. The van der Waals surface area contributed by atoms with E-state index in [0.717, 1.165) is 72.0 Å². The van der Waals surface area contributed by atoms with Gasteiger partial charge in [0.1, 0.15) is 11.2 Å². The Bertz CT molecular complexity index is 3240. The fraction of sp³-hybridized carbons (Fsp3) is 0. The van der Waals surface area contributed by atoms with Gasteiger partial charge >= 0.3 is 0 Å². The van der Waals surface area contributed by atoms with Crippen LogP contribution in [0.15, 0.2) is 199 Å². The van der Waals surface area contributed by atoms with Gasteiger partial charge in [-0.15, -0.1) is 0 Å². The molecule has 0 fully saturated rings. The van der Waals surface area contributed by atoms with E-state index in [0.29, 0.717) is 17.5 Å². The van der Waals surface area contributed by atoms with Gasteiger partial charge in [0, 0.05) is 50.0 Å². The van der Waals surface area contributed by atoms with Crippen LogP contribution in [-0.4, -0.2) is 19.5 Å². The Morgan fingerprint density at radius 2 is 0.804 bits per heavy atom. The van der Waals surface area contributed by atoms with Crippen molar-refractivity contribution in [3.63, 3.8) is 0 Å². The van der Waals surface area contributed by atoms with E-state index in [2.05, 4.69) is 150 Å². The molecule has 0 aliphatic rings. The molecule has 56 heavy (non-hydrogen) atoms. The molecule has 0 N–H and O–H groups in total. The average Bonchev–Trinajstić information content (AvgIpc) is 3.82. The van der Waals surface area contributed by atoms with Gasteiger partial charge in [-0.3, -0.25) is 0 Å². The molecule has 5 nitrogen and oxygen atoms in total. The quantitative estimate of drug-likeness (QED) is 0.172. The second-order valence-electron chi connectivity index (χ2n) is 14.1. The van der Waals surface area contributed by atoms with Crippen molar-refractivity contribution in [3.05, 3.63) is 194 Å². The van der Waals surface area contributed by atoms with Crippen LogP contribution in [0.5, 0.6) is 0 Å². The second-order valence-corrected chi connectivity index (χ2v) is 14.1. The largest absolute Gasteiger partial charge is 0.456 e. The number of nitrogens with zero attached hydrogens (tertiary/aromatic N) is 4. The maximum absolute atomic E-state index is 6.33. The van der Waals surface area contributed by atoms with Crippen LogP contribution in [-0.2, 0) is 0 Å². The van der Waals surface area contributed by atoms with E-state index in [-0.39, 0.29) is 0 Å². The first-order valence-corrected chi connectivity index (χ1v) is 18.8. The lowest BCUT2D eigenvalue weighted by molar-refractivity contribution is 0.668. The zero-order valence-electron chi connectivity index (χ0n) is 30.2. The molecule has 5 heteroatoms. The first-order valence-electron chi connectivity index (χ1n) is 18.8. The lowest BCUT2D eigenvalue weighted by Gasteiger charge is -2.11. The molecule has 8 aromatic carbocycles. The van der Waals surface area contributed by atoms with Gasteiger partial charge in [0.15, 0.2) is 17.5 Å². The minimum absolute atomic E-state index is 0.622. The fourth-order valence-corrected chi connectivity index (χ4v) is 7.91. The monoisotopic (exact) mass is 716 g/mol. The van der Waals surface area contributed by atoms with Crippen molar-refractivity contribution < 1.29 is 4.42 Å². The van der Waals surface area contributed by atoms with E-state index in [9.17, 15) is 0 Å². The Labute approximate surface area is 322 Å². The predicted molar refractivity (Wildman–Crippen MR) is 229 cm³/mol. The minimum Gasteiger partial charge on any atom is -0.456 e. The van der Waals surface area contributed by atoms with Crippen LogP contribution < -0.4 is 0 Å². The van der Waals surface area contributed by atoms with Gasteiger partial charge in [0.2, 0.25) is 0 Å². The average molecular weight is 717 g/mol. The molecule has 0 aliphatic carbocycles. The van der Waals surface area contributed by atoms with Gasteiger partial charge in [-0.05, 0) is 58.7 Å². The van der Waals surface area contributed by atoms with Gasteiger partial charge in [-0.1, -0.05) is 152 Å². The smallest absolute Gasteiger partial charge is 0.164 e. The van der Waals surface area contributed by atoms with Crippen LogP contribution in [0.3, 0.4) is 0 Å². The van der Waals surface area contributed by atoms with Crippen LogP contribution >= 0.6 is 0 Å². The third-order valence-corrected chi connectivity index (χ3v) is 10.7. The van der Waals surface area contributed by atoms with Crippen LogP contribution in [0.1, 0.15) is 0 Å². The molecule has 0 atom stereocenters. The van der Waals surface area contributed by atoms with E-state index in [1.807, 2.05) is 48.5 Å². The Hall–Kier alpha value is -7.63. The summed E-state index contributed by atoms with van der Waals surface area (Å²) < 4.78 is 8.68. The van der Waals surface area contributed by atoms with E-state index >= 15 is 0 Å². The molecule has 0 aliphatic heterocycles. The molecular formula is C51H32N4O. The number of hydrogen-bond donors (Lipinski definition) is 0. The molecule has 11 aromatic rings. The number of fused-ring (bicyclic) bond motifs is 6. The lowest BCUT2D eigenvalue weighted by atomic mass is 10.0. The van der Waals surface area contributed by atoms with Crippen LogP contribution in [0.4, 0.5) is 0 Å². The SMILES string of the molecule is c1ccc(-c2ccc(-c3nc(-c4ccccc4)nc(-c4cccc(-c5ccc6c7ccccc7n(-c7ccc8c(c7)oc7ccccc78)c6c5)c4)n3)cc2)cc1. The summed E-state index contributed by atoms with van der Waals surface area (Å²) in [5.74, 6) is 1.89. The Morgan fingerprint density at radius 3 is 1.59 bits per heavy atom. The number of para-hydroxylation sites is 2. The first kappa shape index (κ1) is 31.9. The van der Waals surface area contributed by atoms with Gasteiger partial charge in [0.05, 0.1) is 11.0 Å². The molecule has 11 rings (SSSR count). The molecule has 0 radical (unpaired) electrons. The third kappa shape index (κ3) is 5.45. The minimum atomic E-state index is 0.622. The molecular weight excluding hydrogens is 685 g/mol. The molecule has 262 valence electrons. The van der Waals surface area contributed by atoms with E-state index in [4.69, 9.17) is 19.4 Å². The Kier molecular flexibility index (Phi) is 7.42. The van der Waals surface area contributed by atoms with Crippen molar-refractivity contribution in [1.82, 2.24) is 19.5 Å². The molecule has 0 saturated heterocycles. The summed E-state index contributed by atoms with van der Waals surface area (Å²) in [7, 11) is 0. The number of aromatic nitrogens is 4. The first-order chi connectivity index (χ1) is 27.7. The summed E-state index contributed by atoms with van der Waals surface area (Å²) >= 11 is 0. The second kappa shape index (κ2) is 13.0. The highest BCUT2D eigenvalue weighted by atomic mass is 16.3. The highest BCUT2D eigenvalue weighted by molar-refractivity contribution is 6.11. The summed E-state index contributed by atoms with van der Waals surface area (Å²) in [4.78, 5) is 15.1. The summed E-state index contributed by atoms with van der Waals surface area (Å²) in [5, 5.41) is 4.64. The molecule has 0 saturated carbocycles. The molecule has 3 aromatic heterocycles. The summed E-state index contributed by atoms with van der Waals surface area (Å²) in [6.45, 7) is 0. The zero-order chi connectivity index (χ0) is 37.0. The maximum Gasteiger partial charge on any atom is 0.164 e. The number of hydrogen-bond acceptors (Lipinski definition) is 4. The highest BCUT2D eigenvalue weighted by Gasteiger charge is 2.17. The maximum atomic E-state index is 6.33. The molecule has 3 heterocycles. The van der Waals surface area contributed by atoms with Crippen LogP contribution in [0.2, 0.25) is 0 Å². The Balaban J connectivity index is 1.03. The van der Waals surface area contributed by atoms with Crippen molar-refractivity contribution in [2.45, 2.75) is 0 Å². The summed E-state index contributed by atoms with van der Waals surface area (Å²) in [6, 6.07) is 67.5. The van der Waals surface area contributed by atoms with Gasteiger partial charge in [-0.2, -0.15) is 0 Å². The summed E-state index contributed by atoms with van der Waals surface area (Å²) in [5.41, 5.74) is 12.4. The van der Waals surface area contributed by atoms with Crippen molar-refractivity contribution in [2.24, 2.45) is 0 Å². The van der Waals surface area contributed by atoms with Crippen molar-refractivity contribution in [3.8, 4) is 62.1 Å². The fourth-order valence-electron chi connectivity index (χ4n) is 7.91. The Morgan fingerprint density at radius 1 is 0.304 bits per heavy atom. The van der Waals surface area contributed by atoms with Crippen molar-refractivity contribution in [2.75, 3.05) is 0 Å². The number of benzene rings is 8. The molecule has 0 unspecified atom stereocenters. The molecule has 0 bridgehead atoms.